The molecule has 0 saturated carbocycles. The minimum Gasteiger partial charge on any atom is -0.508 e. The minimum absolute atomic E-state index is 0.146. The summed E-state index contributed by atoms with van der Waals surface area (Å²) in [6.07, 6.45) is -0.812. The molecule has 0 bridgehead atoms. The molecule has 1 aromatic rings. The average molecular weight is 482 g/mol. The van der Waals surface area contributed by atoms with Crippen molar-refractivity contribution in [3.8, 4) is 5.75 Å². The first kappa shape index (κ1) is 28.7. The fraction of sp³-hybridized carbons (Fsp3) is 0.565. The van der Waals surface area contributed by atoms with E-state index in [1.807, 2.05) is 0 Å². The average Bonchev–Trinajstić information content (AvgIpc) is 2.73. The normalized spacial score (nSPS) is 12.9. The van der Waals surface area contributed by atoms with E-state index in [4.69, 9.17) is 4.74 Å². The van der Waals surface area contributed by atoms with Gasteiger partial charge in [-0.05, 0) is 44.4 Å². The molecule has 190 valence electrons. The predicted molar refractivity (Wildman–Crippen MR) is 123 cm³/mol. The number of benzene rings is 1. The van der Waals surface area contributed by atoms with Crippen LogP contribution in [0.3, 0.4) is 0 Å². The molecule has 4 N–H and O–H groups in total. The molecular weight excluding hydrogens is 446 g/mol. The van der Waals surface area contributed by atoms with Gasteiger partial charge in [-0.1, -0.05) is 26.0 Å². The quantitative estimate of drug-likeness (QED) is 0.362. The van der Waals surface area contributed by atoms with Gasteiger partial charge in [0.2, 0.25) is 11.8 Å². The van der Waals surface area contributed by atoms with Crippen LogP contribution in [0.2, 0.25) is 0 Å². The third kappa shape index (κ3) is 8.89. The Balaban J connectivity index is 3.38. The molecule has 0 spiro atoms. The maximum Gasteiger partial charge on any atom is 0.408 e. The Labute approximate surface area is 199 Å². The molecule has 11 heteroatoms. The van der Waals surface area contributed by atoms with E-state index < -0.39 is 60.6 Å². The standard InChI is InChI=1S/C23H35N3O8/c1-14(2)18(25-22(32)34-23(3,4)5)21(31)26(10-11-27)19(15-8-7-9-16(28)12-15)20(30)24-13-17(29)33-6/h7-9,12,14,18-19,27-28H,10-11,13H2,1-6H3,(H,24,30)(H,25,32). The van der Waals surface area contributed by atoms with Gasteiger partial charge < -0.3 is 35.2 Å². The zero-order chi connectivity index (χ0) is 26.1. The second-order valence-corrected chi connectivity index (χ2v) is 8.91. The van der Waals surface area contributed by atoms with Gasteiger partial charge in [0.15, 0.2) is 0 Å². The second-order valence-electron chi connectivity index (χ2n) is 8.91. The smallest absolute Gasteiger partial charge is 0.408 e. The number of phenols is 1. The Morgan fingerprint density at radius 1 is 1.15 bits per heavy atom. The first-order valence-corrected chi connectivity index (χ1v) is 10.8. The predicted octanol–water partition coefficient (Wildman–Crippen LogP) is 1.09. The Kier molecular flexibility index (Phi) is 10.8. The van der Waals surface area contributed by atoms with E-state index in [0.717, 1.165) is 4.90 Å². The van der Waals surface area contributed by atoms with Crippen LogP contribution in [0.5, 0.6) is 5.75 Å². The SMILES string of the molecule is COC(=O)CNC(=O)C(c1cccc(O)c1)N(CCO)C(=O)C(NC(=O)OC(C)(C)C)C(C)C. The van der Waals surface area contributed by atoms with Gasteiger partial charge in [-0.3, -0.25) is 14.4 Å². The van der Waals surface area contributed by atoms with Crippen LogP contribution in [-0.2, 0) is 23.9 Å². The third-order valence-electron chi connectivity index (χ3n) is 4.61. The summed E-state index contributed by atoms with van der Waals surface area (Å²) >= 11 is 0. The van der Waals surface area contributed by atoms with Gasteiger partial charge >= 0.3 is 12.1 Å². The minimum atomic E-state index is -1.32. The summed E-state index contributed by atoms with van der Waals surface area (Å²) in [4.78, 5) is 51.7. The molecule has 0 aliphatic rings. The van der Waals surface area contributed by atoms with Crippen LogP contribution in [0.1, 0.15) is 46.2 Å². The Bertz CT molecular complexity index is 866. The van der Waals surface area contributed by atoms with Crippen molar-refractivity contribution in [1.82, 2.24) is 15.5 Å². The van der Waals surface area contributed by atoms with Gasteiger partial charge in [-0.25, -0.2) is 4.79 Å². The molecule has 34 heavy (non-hydrogen) atoms. The number of carbonyl (C=O) groups is 4. The Morgan fingerprint density at radius 3 is 2.29 bits per heavy atom. The number of aromatic hydroxyl groups is 1. The van der Waals surface area contributed by atoms with E-state index in [9.17, 15) is 29.4 Å². The van der Waals surface area contributed by atoms with Crippen molar-refractivity contribution in [2.45, 2.75) is 52.3 Å². The highest BCUT2D eigenvalue weighted by Gasteiger charge is 2.37. The molecule has 11 nitrogen and oxygen atoms in total. The lowest BCUT2D eigenvalue weighted by Crippen LogP contribution is -2.55. The second kappa shape index (κ2) is 12.8. The molecule has 0 aromatic heterocycles. The largest absolute Gasteiger partial charge is 0.508 e. The molecule has 1 rings (SSSR count). The van der Waals surface area contributed by atoms with Crippen LogP contribution >= 0.6 is 0 Å². The molecule has 3 amide bonds. The zero-order valence-electron chi connectivity index (χ0n) is 20.5. The number of methoxy groups -OCH3 is 1. The van der Waals surface area contributed by atoms with Crippen molar-refractivity contribution < 1.29 is 38.9 Å². The van der Waals surface area contributed by atoms with Crippen molar-refractivity contribution in [3.63, 3.8) is 0 Å². The maximum absolute atomic E-state index is 13.6. The Hall–Kier alpha value is -3.34. The third-order valence-corrected chi connectivity index (χ3v) is 4.61. The summed E-state index contributed by atoms with van der Waals surface area (Å²) in [5.74, 6) is -2.64. The number of ether oxygens (including phenoxy) is 2. The van der Waals surface area contributed by atoms with Gasteiger partial charge in [-0.15, -0.1) is 0 Å². The summed E-state index contributed by atoms with van der Waals surface area (Å²) in [7, 11) is 1.17. The fourth-order valence-electron chi connectivity index (χ4n) is 3.10. The van der Waals surface area contributed by atoms with E-state index in [-0.39, 0.29) is 17.9 Å². The van der Waals surface area contributed by atoms with Crippen molar-refractivity contribution >= 4 is 23.9 Å². The number of phenolic OH excluding ortho intramolecular Hbond substituents is 1. The lowest BCUT2D eigenvalue weighted by atomic mass is 9.98. The number of hydrogen-bond donors (Lipinski definition) is 4. The molecule has 0 radical (unpaired) electrons. The van der Waals surface area contributed by atoms with E-state index in [2.05, 4.69) is 15.4 Å². The molecule has 1 aromatic carbocycles. The van der Waals surface area contributed by atoms with Gasteiger partial charge in [0.05, 0.1) is 13.7 Å². The molecule has 0 fully saturated rings. The highest BCUT2D eigenvalue weighted by molar-refractivity contribution is 5.93. The molecule has 0 aliphatic heterocycles. The van der Waals surface area contributed by atoms with Crippen molar-refractivity contribution in [3.05, 3.63) is 29.8 Å². The van der Waals surface area contributed by atoms with Crippen LogP contribution in [0, 0.1) is 5.92 Å². The lowest BCUT2D eigenvalue weighted by molar-refractivity contribution is -0.145. The maximum atomic E-state index is 13.6. The lowest BCUT2D eigenvalue weighted by Gasteiger charge is -2.35. The molecule has 0 saturated heterocycles. The number of esters is 1. The molecular formula is C23H35N3O8. The first-order valence-electron chi connectivity index (χ1n) is 10.8. The van der Waals surface area contributed by atoms with Gasteiger partial charge in [0.25, 0.3) is 0 Å². The van der Waals surface area contributed by atoms with Gasteiger partial charge in [0.1, 0.15) is 30.0 Å². The topological polar surface area (TPSA) is 154 Å². The molecule has 0 aliphatic carbocycles. The first-order chi connectivity index (χ1) is 15.8. The molecule has 0 heterocycles. The van der Waals surface area contributed by atoms with Crippen LogP contribution < -0.4 is 10.6 Å². The fourth-order valence-corrected chi connectivity index (χ4v) is 3.10. The van der Waals surface area contributed by atoms with Crippen LogP contribution in [-0.4, -0.2) is 77.4 Å². The number of aliphatic hydroxyl groups excluding tert-OH is 1. The summed E-state index contributed by atoms with van der Waals surface area (Å²) in [5.41, 5.74) is -0.555. The van der Waals surface area contributed by atoms with E-state index >= 15 is 0 Å². The highest BCUT2D eigenvalue weighted by atomic mass is 16.6. The van der Waals surface area contributed by atoms with E-state index in [1.54, 1.807) is 34.6 Å². The number of aliphatic hydroxyl groups is 1. The van der Waals surface area contributed by atoms with Crippen LogP contribution in [0.4, 0.5) is 4.79 Å². The van der Waals surface area contributed by atoms with Gasteiger partial charge in [-0.2, -0.15) is 0 Å². The monoisotopic (exact) mass is 481 g/mol. The van der Waals surface area contributed by atoms with Crippen molar-refractivity contribution in [1.29, 1.82) is 0 Å². The zero-order valence-corrected chi connectivity index (χ0v) is 20.5. The summed E-state index contributed by atoms with van der Waals surface area (Å²) < 4.78 is 9.80. The number of nitrogens with one attached hydrogen (secondary N) is 2. The molecule has 2 unspecified atom stereocenters. The number of rotatable bonds is 10. The number of hydrogen-bond acceptors (Lipinski definition) is 8. The van der Waals surface area contributed by atoms with Crippen molar-refractivity contribution in [2.24, 2.45) is 5.92 Å². The summed E-state index contributed by atoms with van der Waals surface area (Å²) in [6.45, 7) is 7.26. The summed E-state index contributed by atoms with van der Waals surface area (Å²) in [6, 6.07) is 3.29. The number of amides is 3. The van der Waals surface area contributed by atoms with Crippen LogP contribution in [0.15, 0.2) is 24.3 Å². The van der Waals surface area contributed by atoms with E-state index in [1.165, 1.54) is 31.4 Å². The Morgan fingerprint density at radius 2 is 1.79 bits per heavy atom. The van der Waals surface area contributed by atoms with Crippen LogP contribution in [0.25, 0.3) is 0 Å². The molecule has 2 atom stereocenters. The number of carbonyl (C=O) groups excluding carboxylic acids is 4. The van der Waals surface area contributed by atoms with Crippen molar-refractivity contribution in [2.75, 3.05) is 26.8 Å². The van der Waals surface area contributed by atoms with Gasteiger partial charge in [0, 0.05) is 6.54 Å². The highest BCUT2D eigenvalue weighted by Crippen LogP contribution is 2.26. The van der Waals surface area contributed by atoms with E-state index in [0.29, 0.717) is 0 Å². The number of nitrogens with zero attached hydrogens (tertiary/aromatic N) is 1. The summed E-state index contributed by atoms with van der Waals surface area (Å²) in [5, 5.41) is 24.6. The number of alkyl carbamates (subject to hydrolysis) is 1.